The summed E-state index contributed by atoms with van der Waals surface area (Å²) in [6, 6.07) is 11.0. The van der Waals surface area contributed by atoms with E-state index in [0.717, 1.165) is 11.3 Å². The number of aromatic nitrogens is 1. The van der Waals surface area contributed by atoms with E-state index in [2.05, 4.69) is 36.4 Å². The molecule has 0 radical (unpaired) electrons. The SMILES string of the molecule is CC(C)(C)c1ccccc1NC(=O)CNC(=O)c1cccnc1. The summed E-state index contributed by atoms with van der Waals surface area (Å²) in [7, 11) is 0. The Morgan fingerprint density at radius 2 is 1.83 bits per heavy atom. The number of nitrogens with zero attached hydrogens (tertiary/aromatic N) is 1. The predicted octanol–water partition coefficient (Wildman–Crippen LogP) is 2.75. The van der Waals surface area contributed by atoms with E-state index >= 15 is 0 Å². The van der Waals surface area contributed by atoms with Crippen molar-refractivity contribution in [3.63, 3.8) is 0 Å². The molecule has 0 aliphatic heterocycles. The van der Waals surface area contributed by atoms with Crippen LogP contribution in [0.15, 0.2) is 48.8 Å². The van der Waals surface area contributed by atoms with Crippen molar-refractivity contribution in [2.75, 3.05) is 11.9 Å². The number of benzene rings is 1. The lowest BCUT2D eigenvalue weighted by atomic mass is 9.86. The van der Waals surface area contributed by atoms with Crippen molar-refractivity contribution >= 4 is 17.5 Å². The van der Waals surface area contributed by atoms with Gasteiger partial charge in [-0.2, -0.15) is 0 Å². The van der Waals surface area contributed by atoms with Crippen LogP contribution in [0.2, 0.25) is 0 Å². The molecule has 0 saturated heterocycles. The maximum atomic E-state index is 12.1. The fourth-order valence-corrected chi connectivity index (χ4v) is 2.20. The van der Waals surface area contributed by atoms with Crippen molar-refractivity contribution in [1.29, 1.82) is 0 Å². The zero-order valence-electron chi connectivity index (χ0n) is 13.6. The number of para-hydroxylation sites is 1. The second kappa shape index (κ2) is 7.05. The second-order valence-electron chi connectivity index (χ2n) is 6.27. The third-order valence-electron chi connectivity index (χ3n) is 3.34. The molecule has 0 atom stereocenters. The normalized spacial score (nSPS) is 10.9. The predicted molar refractivity (Wildman–Crippen MR) is 90.3 cm³/mol. The van der Waals surface area contributed by atoms with E-state index in [1.165, 1.54) is 6.20 Å². The molecule has 0 unspecified atom stereocenters. The first-order chi connectivity index (χ1) is 10.9. The fourth-order valence-electron chi connectivity index (χ4n) is 2.20. The molecule has 2 rings (SSSR count). The number of pyridine rings is 1. The van der Waals surface area contributed by atoms with Crippen molar-refractivity contribution in [3.05, 3.63) is 59.9 Å². The molecule has 0 aliphatic rings. The largest absolute Gasteiger partial charge is 0.343 e. The summed E-state index contributed by atoms with van der Waals surface area (Å²) in [4.78, 5) is 27.9. The molecule has 0 spiro atoms. The molecule has 5 nitrogen and oxygen atoms in total. The highest BCUT2D eigenvalue weighted by Crippen LogP contribution is 2.29. The Morgan fingerprint density at radius 3 is 2.48 bits per heavy atom. The van der Waals surface area contributed by atoms with Crippen molar-refractivity contribution < 1.29 is 9.59 Å². The Labute approximate surface area is 136 Å². The zero-order valence-corrected chi connectivity index (χ0v) is 13.6. The average Bonchev–Trinajstić information content (AvgIpc) is 2.53. The number of nitrogens with one attached hydrogen (secondary N) is 2. The van der Waals surface area contributed by atoms with E-state index in [-0.39, 0.29) is 23.8 Å². The first-order valence-corrected chi connectivity index (χ1v) is 7.45. The number of hydrogen-bond acceptors (Lipinski definition) is 3. The smallest absolute Gasteiger partial charge is 0.253 e. The van der Waals surface area contributed by atoms with Gasteiger partial charge in [-0.05, 0) is 29.2 Å². The van der Waals surface area contributed by atoms with E-state index in [1.54, 1.807) is 18.3 Å². The molecule has 0 bridgehead atoms. The quantitative estimate of drug-likeness (QED) is 0.912. The van der Waals surface area contributed by atoms with Gasteiger partial charge in [0.2, 0.25) is 5.91 Å². The highest BCUT2D eigenvalue weighted by atomic mass is 16.2. The summed E-state index contributed by atoms with van der Waals surface area (Å²) in [5, 5.41) is 5.44. The van der Waals surface area contributed by atoms with Gasteiger partial charge in [0, 0.05) is 18.1 Å². The standard InChI is InChI=1S/C18H21N3O2/c1-18(2,3)14-8-4-5-9-15(14)21-16(22)12-20-17(23)13-7-6-10-19-11-13/h4-11H,12H2,1-3H3,(H,20,23)(H,21,22). The summed E-state index contributed by atoms with van der Waals surface area (Å²) in [6.07, 6.45) is 3.05. The minimum Gasteiger partial charge on any atom is -0.343 e. The van der Waals surface area contributed by atoms with Crippen LogP contribution in [0.25, 0.3) is 0 Å². The Kier molecular flexibility index (Phi) is 5.11. The van der Waals surface area contributed by atoms with E-state index in [1.807, 2.05) is 24.3 Å². The molecule has 0 saturated carbocycles. The van der Waals surface area contributed by atoms with Crippen LogP contribution in [-0.4, -0.2) is 23.3 Å². The van der Waals surface area contributed by atoms with Crippen molar-refractivity contribution in [2.24, 2.45) is 0 Å². The maximum absolute atomic E-state index is 12.1. The lowest BCUT2D eigenvalue weighted by molar-refractivity contribution is -0.115. The third-order valence-corrected chi connectivity index (χ3v) is 3.34. The lowest BCUT2D eigenvalue weighted by Gasteiger charge is -2.23. The summed E-state index contributed by atoms with van der Waals surface area (Å²) in [5.41, 5.74) is 2.16. The van der Waals surface area contributed by atoms with Crippen LogP contribution in [0.5, 0.6) is 0 Å². The topological polar surface area (TPSA) is 71.1 Å². The van der Waals surface area contributed by atoms with Gasteiger partial charge in [-0.15, -0.1) is 0 Å². The molecule has 1 heterocycles. The molecule has 2 N–H and O–H groups in total. The van der Waals surface area contributed by atoms with Gasteiger partial charge in [0.15, 0.2) is 0 Å². The molecule has 120 valence electrons. The molecule has 5 heteroatoms. The Morgan fingerprint density at radius 1 is 1.09 bits per heavy atom. The Bertz CT molecular complexity index is 691. The molecule has 2 amide bonds. The highest BCUT2D eigenvalue weighted by molar-refractivity contribution is 5.99. The fraction of sp³-hybridized carbons (Fsp3) is 0.278. The third kappa shape index (κ3) is 4.64. The van der Waals surface area contributed by atoms with Crippen LogP contribution in [0.3, 0.4) is 0 Å². The number of carbonyl (C=O) groups is 2. The van der Waals surface area contributed by atoms with Crippen LogP contribution >= 0.6 is 0 Å². The minimum absolute atomic E-state index is 0.0805. The molecule has 1 aromatic heterocycles. The van der Waals surface area contributed by atoms with Gasteiger partial charge in [0.1, 0.15) is 0 Å². The molecule has 1 aromatic carbocycles. The van der Waals surface area contributed by atoms with Gasteiger partial charge in [-0.25, -0.2) is 0 Å². The number of anilines is 1. The van der Waals surface area contributed by atoms with E-state index in [0.29, 0.717) is 5.56 Å². The summed E-state index contributed by atoms with van der Waals surface area (Å²) < 4.78 is 0. The summed E-state index contributed by atoms with van der Waals surface area (Å²) in [6.45, 7) is 6.17. The average molecular weight is 311 g/mol. The van der Waals surface area contributed by atoms with E-state index in [9.17, 15) is 9.59 Å². The number of amides is 2. The van der Waals surface area contributed by atoms with Gasteiger partial charge < -0.3 is 10.6 Å². The second-order valence-corrected chi connectivity index (χ2v) is 6.27. The van der Waals surface area contributed by atoms with Crippen LogP contribution in [0.1, 0.15) is 36.7 Å². The van der Waals surface area contributed by atoms with Crippen molar-refractivity contribution in [3.8, 4) is 0 Å². The van der Waals surface area contributed by atoms with Gasteiger partial charge in [-0.3, -0.25) is 14.6 Å². The molecule has 0 aliphatic carbocycles. The van der Waals surface area contributed by atoms with Gasteiger partial charge in [0.25, 0.3) is 5.91 Å². The first kappa shape index (κ1) is 16.7. The molecular weight excluding hydrogens is 290 g/mol. The minimum atomic E-state index is -0.322. The summed E-state index contributed by atoms with van der Waals surface area (Å²) >= 11 is 0. The Balaban J connectivity index is 1.97. The van der Waals surface area contributed by atoms with E-state index in [4.69, 9.17) is 0 Å². The Hall–Kier alpha value is -2.69. The van der Waals surface area contributed by atoms with E-state index < -0.39 is 0 Å². The van der Waals surface area contributed by atoms with Gasteiger partial charge in [0.05, 0.1) is 12.1 Å². The maximum Gasteiger partial charge on any atom is 0.253 e. The number of carbonyl (C=O) groups excluding carboxylic acids is 2. The summed E-state index contributed by atoms with van der Waals surface area (Å²) in [5.74, 6) is -0.587. The monoisotopic (exact) mass is 311 g/mol. The zero-order chi connectivity index (χ0) is 16.9. The molecule has 23 heavy (non-hydrogen) atoms. The van der Waals surface area contributed by atoms with Crippen LogP contribution in [0, 0.1) is 0 Å². The molecular formula is C18H21N3O2. The van der Waals surface area contributed by atoms with Crippen molar-refractivity contribution in [2.45, 2.75) is 26.2 Å². The van der Waals surface area contributed by atoms with Gasteiger partial charge >= 0.3 is 0 Å². The van der Waals surface area contributed by atoms with Gasteiger partial charge in [-0.1, -0.05) is 39.0 Å². The number of rotatable bonds is 4. The molecule has 0 fully saturated rings. The van der Waals surface area contributed by atoms with Crippen molar-refractivity contribution in [1.82, 2.24) is 10.3 Å². The molecule has 2 aromatic rings. The van der Waals surface area contributed by atoms with Crippen LogP contribution in [0.4, 0.5) is 5.69 Å². The lowest BCUT2D eigenvalue weighted by Crippen LogP contribution is -2.33. The first-order valence-electron chi connectivity index (χ1n) is 7.45. The van der Waals surface area contributed by atoms with Crippen LogP contribution < -0.4 is 10.6 Å². The highest BCUT2D eigenvalue weighted by Gasteiger charge is 2.18. The van der Waals surface area contributed by atoms with Crippen LogP contribution in [-0.2, 0) is 10.2 Å². The number of hydrogen-bond donors (Lipinski definition) is 2.